The number of piperidine rings is 1. The maximum atomic E-state index is 4.87. The molecule has 3 rings (SSSR count). The molecule has 2 N–H and O–H groups in total. The lowest BCUT2D eigenvalue weighted by Gasteiger charge is -2.27. The Balaban J connectivity index is 0.00000320. The zero-order chi connectivity index (χ0) is 20.6. The van der Waals surface area contributed by atoms with E-state index in [1.165, 1.54) is 54.7 Å². The van der Waals surface area contributed by atoms with Gasteiger partial charge in [-0.25, -0.2) is 4.99 Å². The third-order valence-electron chi connectivity index (χ3n) is 5.80. The standard InChI is InChI=1S/C23H36N6.HI/c1-5-24-23(26-16-22-18(2)27-28(4)19(22)3)25-15-20-11-7-8-12-21(20)17-29-13-9-6-10-14-29;/h7-8,11-12H,5-6,9-10,13-17H2,1-4H3,(H2,24,25,26);1H. The van der Waals surface area contributed by atoms with Gasteiger partial charge in [-0.15, -0.1) is 24.0 Å². The van der Waals surface area contributed by atoms with Gasteiger partial charge >= 0.3 is 0 Å². The Bertz CT molecular complexity index is 823. The lowest BCUT2D eigenvalue weighted by molar-refractivity contribution is 0.220. The van der Waals surface area contributed by atoms with Crippen LogP contribution >= 0.6 is 24.0 Å². The summed E-state index contributed by atoms with van der Waals surface area (Å²) in [6.07, 6.45) is 4.01. The third kappa shape index (κ3) is 6.70. The Morgan fingerprint density at radius 3 is 2.40 bits per heavy atom. The van der Waals surface area contributed by atoms with Crippen LogP contribution in [0, 0.1) is 13.8 Å². The van der Waals surface area contributed by atoms with Crippen LogP contribution in [0.5, 0.6) is 0 Å². The van der Waals surface area contributed by atoms with Crippen molar-refractivity contribution in [1.29, 1.82) is 0 Å². The highest BCUT2D eigenvalue weighted by atomic mass is 127. The number of hydrogen-bond acceptors (Lipinski definition) is 3. The van der Waals surface area contributed by atoms with Gasteiger partial charge in [0.1, 0.15) is 0 Å². The van der Waals surface area contributed by atoms with E-state index < -0.39 is 0 Å². The van der Waals surface area contributed by atoms with E-state index in [1.54, 1.807) is 0 Å². The van der Waals surface area contributed by atoms with Crippen LogP contribution in [0.15, 0.2) is 29.3 Å². The number of halogens is 1. The number of benzene rings is 1. The molecule has 1 aromatic heterocycles. The lowest BCUT2D eigenvalue weighted by atomic mass is 10.1. The first-order valence-corrected chi connectivity index (χ1v) is 10.9. The molecular formula is C23H37IN6. The molecule has 0 saturated carbocycles. The predicted molar refractivity (Wildman–Crippen MR) is 135 cm³/mol. The van der Waals surface area contributed by atoms with Gasteiger partial charge in [-0.05, 0) is 57.8 Å². The van der Waals surface area contributed by atoms with Gasteiger partial charge in [0.25, 0.3) is 0 Å². The second-order valence-electron chi connectivity index (χ2n) is 7.93. The fraction of sp³-hybridized carbons (Fsp3) is 0.565. The SMILES string of the molecule is CCNC(=NCc1ccccc1CN1CCCCC1)NCc1c(C)nn(C)c1C.I. The van der Waals surface area contributed by atoms with Crippen LogP contribution in [0.2, 0.25) is 0 Å². The summed E-state index contributed by atoms with van der Waals surface area (Å²) in [6, 6.07) is 8.72. The van der Waals surface area contributed by atoms with E-state index in [1.807, 2.05) is 11.7 Å². The van der Waals surface area contributed by atoms with Gasteiger partial charge in [0.15, 0.2) is 5.96 Å². The molecule has 1 saturated heterocycles. The van der Waals surface area contributed by atoms with Crippen LogP contribution in [0.25, 0.3) is 0 Å². The van der Waals surface area contributed by atoms with Crippen LogP contribution in [-0.2, 0) is 26.7 Å². The molecule has 0 atom stereocenters. The van der Waals surface area contributed by atoms with E-state index in [0.29, 0.717) is 6.54 Å². The Hall–Kier alpha value is -1.61. The molecule has 6 nitrogen and oxygen atoms in total. The molecule has 0 unspecified atom stereocenters. The van der Waals surface area contributed by atoms with Gasteiger partial charge in [0.05, 0.1) is 12.2 Å². The van der Waals surface area contributed by atoms with E-state index in [4.69, 9.17) is 4.99 Å². The summed E-state index contributed by atoms with van der Waals surface area (Å²) in [7, 11) is 1.99. The van der Waals surface area contributed by atoms with Crippen molar-refractivity contribution in [3.63, 3.8) is 0 Å². The number of aryl methyl sites for hydroxylation is 2. The normalized spacial score (nSPS) is 15.0. The molecule has 1 aliphatic rings. The number of hydrogen-bond donors (Lipinski definition) is 2. The molecule has 2 aromatic rings. The molecule has 2 heterocycles. The summed E-state index contributed by atoms with van der Waals surface area (Å²) in [5, 5.41) is 11.4. The van der Waals surface area contributed by atoms with E-state index in [-0.39, 0.29) is 24.0 Å². The number of guanidine groups is 1. The fourth-order valence-corrected chi connectivity index (χ4v) is 3.98. The van der Waals surface area contributed by atoms with Crippen molar-refractivity contribution in [3.05, 3.63) is 52.3 Å². The van der Waals surface area contributed by atoms with E-state index >= 15 is 0 Å². The minimum atomic E-state index is 0. The second-order valence-corrected chi connectivity index (χ2v) is 7.93. The zero-order valence-electron chi connectivity index (χ0n) is 18.9. The van der Waals surface area contributed by atoms with Crippen molar-refractivity contribution >= 4 is 29.9 Å². The summed E-state index contributed by atoms with van der Waals surface area (Å²) < 4.78 is 1.94. The smallest absolute Gasteiger partial charge is 0.191 e. The number of likely N-dealkylation sites (tertiary alicyclic amines) is 1. The van der Waals surface area contributed by atoms with Crippen LogP contribution in [0.1, 0.15) is 54.3 Å². The first-order valence-electron chi connectivity index (χ1n) is 10.9. The Kier molecular flexibility index (Phi) is 10.1. The van der Waals surface area contributed by atoms with Crippen molar-refractivity contribution < 1.29 is 0 Å². The number of nitrogens with one attached hydrogen (secondary N) is 2. The van der Waals surface area contributed by atoms with Crippen molar-refractivity contribution in [2.45, 2.75) is 59.7 Å². The number of rotatable bonds is 7. The van der Waals surface area contributed by atoms with Crippen LogP contribution < -0.4 is 10.6 Å². The van der Waals surface area contributed by atoms with Gasteiger partial charge in [0, 0.05) is 37.9 Å². The maximum absolute atomic E-state index is 4.87. The van der Waals surface area contributed by atoms with E-state index in [9.17, 15) is 0 Å². The topological polar surface area (TPSA) is 57.5 Å². The molecule has 166 valence electrons. The average molecular weight is 524 g/mol. The van der Waals surface area contributed by atoms with E-state index in [0.717, 1.165) is 31.3 Å². The highest BCUT2D eigenvalue weighted by molar-refractivity contribution is 14.0. The molecule has 1 aromatic carbocycles. The first kappa shape index (κ1) is 24.7. The van der Waals surface area contributed by atoms with Crippen molar-refractivity contribution in [3.8, 4) is 0 Å². The summed E-state index contributed by atoms with van der Waals surface area (Å²) >= 11 is 0. The summed E-state index contributed by atoms with van der Waals surface area (Å²) in [4.78, 5) is 7.44. The predicted octanol–water partition coefficient (Wildman–Crippen LogP) is 3.90. The molecule has 0 amide bonds. The highest BCUT2D eigenvalue weighted by Gasteiger charge is 2.13. The van der Waals surface area contributed by atoms with Crippen LogP contribution in [0.4, 0.5) is 0 Å². The molecular weight excluding hydrogens is 487 g/mol. The second kappa shape index (κ2) is 12.3. The minimum absolute atomic E-state index is 0. The monoisotopic (exact) mass is 524 g/mol. The summed E-state index contributed by atoms with van der Waals surface area (Å²) in [5.41, 5.74) is 6.21. The fourth-order valence-electron chi connectivity index (χ4n) is 3.98. The molecule has 0 radical (unpaired) electrons. The molecule has 7 heteroatoms. The van der Waals surface area contributed by atoms with Crippen LogP contribution in [0.3, 0.4) is 0 Å². The minimum Gasteiger partial charge on any atom is -0.357 e. The molecule has 1 aliphatic heterocycles. The van der Waals surface area contributed by atoms with Gasteiger partial charge in [0.2, 0.25) is 0 Å². The number of aliphatic imine (C=N–C) groups is 1. The largest absolute Gasteiger partial charge is 0.357 e. The van der Waals surface area contributed by atoms with Crippen LogP contribution in [-0.4, -0.2) is 40.3 Å². The highest BCUT2D eigenvalue weighted by Crippen LogP contribution is 2.17. The molecule has 0 aliphatic carbocycles. The van der Waals surface area contributed by atoms with Gasteiger partial charge in [-0.2, -0.15) is 5.10 Å². The van der Waals surface area contributed by atoms with Crippen molar-refractivity contribution in [2.24, 2.45) is 12.0 Å². The Labute approximate surface area is 198 Å². The Morgan fingerprint density at radius 1 is 1.07 bits per heavy atom. The average Bonchev–Trinajstić information content (AvgIpc) is 2.97. The first-order chi connectivity index (χ1) is 14.1. The van der Waals surface area contributed by atoms with Crippen molar-refractivity contribution in [2.75, 3.05) is 19.6 Å². The van der Waals surface area contributed by atoms with Gasteiger partial charge in [-0.1, -0.05) is 30.7 Å². The molecule has 1 fully saturated rings. The number of aromatic nitrogens is 2. The Morgan fingerprint density at radius 2 is 1.77 bits per heavy atom. The van der Waals surface area contributed by atoms with Crippen molar-refractivity contribution in [1.82, 2.24) is 25.3 Å². The van der Waals surface area contributed by atoms with Gasteiger partial charge < -0.3 is 10.6 Å². The molecule has 0 spiro atoms. The third-order valence-corrected chi connectivity index (χ3v) is 5.80. The van der Waals surface area contributed by atoms with Gasteiger partial charge in [-0.3, -0.25) is 9.58 Å². The summed E-state index contributed by atoms with van der Waals surface area (Å²) in [5.74, 6) is 0.850. The lowest BCUT2D eigenvalue weighted by Crippen LogP contribution is -2.37. The summed E-state index contributed by atoms with van der Waals surface area (Å²) in [6.45, 7) is 12.0. The zero-order valence-corrected chi connectivity index (χ0v) is 21.2. The molecule has 0 bridgehead atoms. The van der Waals surface area contributed by atoms with E-state index in [2.05, 4.69) is 65.7 Å². The maximum Gasteiger partial charge on any atom is 0.191 e. The number of nitrogens with zero attached hydrogens (tertiary/aromatic N) is 4. The quantitative estimate of drug-likeness (QED) is 0.328. The molecule has 30 heavy (non-hydrogen) atoms.